The second-order valence-electron chi connectivity index (χ2n) is 6.24. The first kappa shape index (κ1) is 24.8. The van der Waals surface area contributed by atoms with Crippen LogP contribution in [0.15, 0.2) is 24.4 Å². The molecular weight excluding hydrogens is 416 g/mol. The van der Waals surface area contributed by atoms with Gasteiger partial charge in [-0.3, -0.25) is 19.4 Å². The zero-order valence-electron chi connectivity index (χ0n) is 16.6. The molecule has 3 amide bonds. The SMILES string of the molecule is CC(=O)N[C@@H](CSSC[C@@H](NC(C)=O)C(=O)O)C(=O)N(C)CCc1ccccn1. The lowest BCUT2D eigenvalue weighted by Gasteiger charge is -2.24. The van der Waals surface area contributed by atoms with Gasteiger partial charge in [-0.15, -0.1) is 0 Å². The van der Waals surface area contributed by atoms with Crippen molar-refractivity contribution in [2.24, 2.45) is 0 Å². The van der Waals surface area contributed by atoms with Gasteiger partial charge in [-0.05, 0) is 12.1 Å². The van der Waals surface area contributed by atoms with E-state index in [4.69, 9.17) is 5.11 Å². The van der Waals surface area contributed by atoms with Crippen molar-refractivity contribution in [3.63, 3.8) is 0 Å². The summed E-state index contributed by atoms with van der Waals surface area (Å²) in [4.78, 5) is 52.1. The number of hydrogen-bond donors (Lipinski definition) is 3. The lowest BCUT2D eigenvalue weighted by molar-refractivity contribution is -0.140. The summed E-state index contributed by atoms with van der Waals surface area (Å²) in [7, 11) is 4.14. The van der Waals surface area contributed by atoms with Gasteiger partial charge in [0.05, 0.1) is 0 Å². The van der Waals surface area contributed by atoms with E-state index in [1.807, 2.05) is 18.2 Å². The number of carboxylic acids is 1. The van der Waals surface area contributed by atoms with Crippen molar-refractivity contribution in [3.05, 3.63) is 30.1 Å². The Hall–Kier alpha value is -2.27. The quantitative estimate of drug-likeness (QED) is 0.316. The molecule has 0 aliphatic carbocycles. The molecule has 160 valence electrons. The summed E-state index contributed by atoms with van der Waals surface area (Å²) in [6, 6.07) is 3.83. The Morgan fingerprint density at radius 3 is 2.17 bits per heavy atom. The third kappa shape index (κ3) is 10.2. The average molecular weight is 443 g/mol. The lowest BCUT2D eigenvalue weighted by atomic mass is 10.2. The molecule has 29 heavy (non-hydrogen) atoms. The topological polar surface area (TPSA) is 129 Å². The third-order valence-electron chi connectivity index (χ3n) is 3.71. The maximum Gasteiger partial charge on any atom is 0.327 e. The fourth-order valence-corrected chi connectivity index (χ4v) is 4.59. The monoisotopic (exact) mass is 442 g/mol. The summed E-state index contributed by atoms with van der Waals surface area (Å²) < 4.78 is 0. The van der Waals surface area contributed by atoms with E-state index < -0.39 is 24.0 Å². The standard InChI is InChI=1S/C18H26N4O5S2/c1-12(23)20-15(10-28-29-11-16(18(26)27)21-13(2)24)17(25)22(3)9-7-14-6-4-5-8-19-14/h4-6,8,15-16H,7,9-11H2,1-3H3,(H,20,23)(H,21,24)(H,26,27)/t15-,16+/m0/s1. The molecule has 2 atom stereocenters. The van der Waals surface area contributed by atoms with Gasteiger partial charge >= 0.3 is 5.97 Å². The van der Waals surface area contributed by atoms with Crippen LogP contribution in [-0.2, 0) is 25.6 Å². The average Bonchev–Trinajstić information content (AvgIpc) is 2.66. The van der Waals surface area contributed by atoms with Gasteiger partial charge in [0.15, 0.2) is 0 Å². The molecule has 11 heteroatoms. The molecule has 0 aliphatic heterocycles. The Labute approximate surface area is 177 Å². The van der Waals surface area contributed by atoms with E-state index in [1.165, 1.54) is 40.3 Å². The molecule has 1 heterocycles. The first-order valence-corrected chi connectivity index (χ1v) is 11.4. The summed E-state index contributed by atoms with van der Waals surface area (Å²) >= 11 is 0. The lowest BCUT2D eigenvalue weighted by Crippen LogP contribution is -2.48. The van der Waals surface area contributed by atoms with Gasteiger partial charge in [0, 0.05) is 57.3 Å². The normalized spacial score (nSPS) is 12.5. The first-order valence-electron chi connectivity index (χ1n) is 8.87. The second-order valence-corrected chi connectivity index (χ2v) is 8.80. The molecule has 1 aromatic heterocycles. The molecule has 0 saturated heterocycles. The highest BCUT2D eigenvalue weighted by atomic mass is 33.1. The van der Waals surface area contributed by atoms with Gasteiger partial charge < -0.3 is 20.6 Å². The fourth-order valence-electron chi connectivity index (χ4n) is 2.28. The first-order chi connectivity index (χ1) is 13.7. The van der Waals surface area contributed by atoms with Gasteiger partial charge in [-0.1, -0.05) is 27.7 Å². The number of nitrogens with zero attached hydrogens (tertiary/aromatic N) is 2. The zero-order chi connectivity index (χ0) is 21.8. The Morgan fingerprint density at radius 2 is 1.66 bits per heavy atom. The number of nitrogens with one attached hydrogen (secondary N) is 2. The van der Waals surface area contributed by atoms with Crippen LogP contribution >= 0.6 is 21.6 Å². The summed E-state index contributed by atoms with van der Waals surface area (Å²) in [5.74, 6) is -1.71. The van der Waals surface area contributed by atoms with Crippen LogP contribution in [0.4, 0.5) is 0 Å². The van der Waals surface area contributed by atoms with E-state index in [1.54, 1.807) is 13.2 Å². The van der Waals surface area contributed by atoms with E-state index in [0.717, 1.165) is 5.69 Å². The molecular formula is C18H26N4O5S2. The zero-order valence-corrected chi connectivity index (χ0v) is 18.2. The van der Waals surface area contributed by atoms with Crippen molar-refractivity contribution in [1.82, 2.24) is 20.5 Å². The predicted octanol–water partition coefficient (Wildman–Crippen LogP) is 0.558. The number of carboxylic acid groups (broad SMARTS) is 1. The third-order valence-corrected chi connectivity index (χ3v) is 6.13. The van der Waals surface area contributed by atoms with Crippen molar-refractivity contribution in [1.29, 1.82) is 0 Å². The largest absolute Gasteiger partial charge is 0.480 e. The van der Waals surface area contributed by atoms with Gasteiger partial charge in [-0.2, -0.15) is 0 Å². The Kier molecular flexibility index (Phi) is 11.1. The van der Waals surface area contributed by atoms with E-state index in [9.17, 15) is 19.2 Å². The van der Waals surface area contributed by atoms with Crippen molar-refractivity contribution in [2.45, 2.75) is 32.4 Å². The number of aliphatic carboxylic acids is 1. The molecule has 9 nitrogen and oxygen atoms in total. The van der Waals surface area contributed by atoms with Crippen LogP contribution in [0.2, 0.25) is 0 Å². The Balaban J connectivity index is 2.54. The molecule has 0 aromatic carbocycles. The van der Waals surface area contributed by atoms with Crippen LogP contribution in [0, 0.1) is 0 Å². The Bertz CT molecular complexity index is 705. The minimum absolute atomic E-state index is 0.135. The fraction of sp³-hybridized carbons (Fsp3) is 0.500. The van der Waals surface area contributed by atoms with Crippen LogP contribution in [0.1, 0.15) is 19.5 Å². The second kappa shape index (κ2) is 13.0. The highest BCUT2D eigenvalue weighted by Crippen LogP contribution is 2.23. The highest BCUT2D eigenvalue weighted by molar-refractivity contribution is 8.76. The minimum atomic E-state index is -1.13. The van der Waals surface area contributed by atoms with Crippen molar-refractivity contribution < 1.29 is 24.3 Å². The molecule has 0 radical (unpaired) electrons. The molecule has 0 unspecified atom stereocenters. The number of rotatable bonds is 12. The van der Waals surface area contributed by atoms with Gasteiger partial charge in [-0.25, -0.2) is 4.79 Å². The van der Waals surface area contributed by atoms with Gasteiger partial charge in [0.1, 0.15) is 12.1 Å². The number of carbonyl (C=O) groups is 4. The van der Waals surface area contributed by atoms with Gasteiger partial charge in [0.25, 0.3) is 0 Å². The molecule has 0 aliphatic rings. The number of hydrogen-bond acceptors (Lipinski definition) is 7. The van der Waals surface area contributed by atoms with Crippen molar-refractivity contribution in [3.8, 4) is 0 Å². The molecule has 3 N–H and O–H groups in total. The molecule has 0 fully saturated rings. The van der Waals surface area contributed by atoms with Crippen molar-refractivity contribution >= 4 is 45.3 Å². The molecule has 0 spiro atoms. The van der Waals surface area contributed by atoms with E-state index >= 15 is 0 Å². The van der Waals surface area contributed by atoms with Crippen LogP contribution < -0.4 is 10.6 Å². The van der Waals surface area contributed by atoms with Crippen LogP contribution in [0.25, 0.3) is 0 Å². The number of carbonyl (C=O) groups excluding carboxylic acids is 3. The van der Waals surface area contributed by atoms with E-state index in [-0.39, 0.29) is 23.3 Å². The molecule has 1 rings (SSSR count). The molecule has 0 bridgehead atoms. The summed E-state index contributed by atoms with van der Waals surface area (Å²) in [6.07, 6.45) is 2.28. The minimum Gasteiger partial charge on any atom is -0.480 e. The maximum atomic E-state index is 12.7. The number of likely N-dealkylation sites (N-methyl/N-ethyl adjacent to an activating group) is 1. The number of amides is 3. The predicted molar refractivity (Wildman–Crippen MR) is 113 cm³/mol. The summed E-state index contributed by atoms with van der Waals surface area (Å²) in [5.41, 5.74) is 0.867. The smallest absolute Gasteiger partial charge is 0.327 e. The van der Waals surface area contributed by atoms with Crippen LogP contribution in [0.3, 0.4) is 0 Å². The summed E-state index contributed by atoms with van der Waals surface area (Å²) in [5, 5.41) is 14.1. The Morgan fingerprint density at radius 1 is 1.07 bits per heavy atom. The maximum absolute atomic E-state index is 12.7. The van der Waals surface area contributed by atoms with Crippen LogP contribution in [0.5, 0.6) is 0 Å². The van der Waals surface area contributed by atoms with Crippen molar-refractivity contribution in [2.75, 3.05) is 25.1 Å². The van der Waals surface area contributed by atoms with E-state index in [2.05, 4.69) is 15.6 Å². The number of pyridine rings is 1. The molecule has 1 aromatic rings. The van der Waals surface area contributed by atoms with E-state index in [0.29, 0.717) is 13.0 Å². The number of aromatic nitrogens is 1. The van der Waals surface area contributed by atoms with Gasteiger partial charge in [0.2, 0.25) is 17.7 Å². The molecule has 0 saturated carbocycles. The highest BCUT2D eigenvalue weighted by Gasteiger charge is 2.24. The summed E-state index contributed by atoms with van der Waals surface area (Å²) in [6.45, 7) is 3.04. The van der Waals surface area contributed by atoms with Crippen LogP contribution in [-0.4, -0.2) is 75.9 Å².